The lowest BCUT2D eigenvalue weighted by Crippen LogP contribution is -2.31. The van der Waals surface area contributed by atoms with Crippen LogP contribution in [0.1, 0.15) is 42.5 Å². The van der Waals surface area contributed by atoms with E-state index < -0.39 is 5.82 Å². The highest BCUT2D eigenvalue weighted by molar-refractivity contribution is 5.96. The molecule has 2 nitrogen and oxygen atoms in total. The minimum atomic E-state index is -0.396. The molecular weight excluding hydrogens is 253 g/mol. The number of halogens is 1. The molecule has 0 N–H and O–H groups in total. The van der Waals surface area contributed by atoms with Gasteiger partial charge in [-0.05, 0) is 49.8 Å². The summed E-state index contributed by atoms with van der Waals surface area (Å²) in [6.07, 6.45) is 5.82. The van der Waals surface area contributed by atoms with Gasteiger partial charge in [0.1, 0.15) is 5.82 Å². The Kier molecular flexibility index (Phi) is 4.16. The maximum atomic E-state index is 13.6. The van der Waals surface area contributed by atoms with E-state index in [0.29, 0.717) is 6.42 Å². The summed E-state index contributed by atoms with van der Waals surface area (Å²) in [5, 5.41) is 0. The van der Waals surface area contributed by atoms with E-state index in [1.165, 1.54) is 31.7 Å². The summed E-state index contributed by atoms with van der Waals surface area (Å²) in [6.45, 7) is 3.00. The fourth-order valence-corrected chi connectivity index (χ4v) is 3.71. The topological polar surface area (TPSA) is 20.3 Å². The van der Waals surface area contributed by atoms with Crippen molar-refractivity contribution in [3.63, 3.8) is 0 Å². The summed E-state index contributed by atoms with van der Waals surface area (Å²) in [6, 6.07) is 6.29. The first-order chi connectivity index (χ1) is 9.72. The fourth-order valence-electron chi connectivity index (χ4n) is 3.71. The first-order valence-corrected chi connectivity index (χ1v) is 7.72. The van der Waals surface area contributed by atoms with E-state index in [-0.39, 0.29) is 11.3 Å². The van der Waals surface area contributed by atoms with Gasteiger partial charge in [0.25, 0.3) is 0 Å². The van der Waals surface area contributed by atoms with Crippen LogP contribution >= 0.6 is 0 Å². The zero-order chi connectivity index (χ0) is 13.9. The SMILES string of the molecule is O=C(CCN1CCC2CCC(C2)C1)c1ccccc1F. The van der Waals surface area contributed by atoms with Crippen LogP contribution in [0.2, 0.25) is 0 Å². The Morgan fingerprint density at radius 3 is 2.85 bits per heavy atom. The quantitative estimate of drug-likeness (QED) is 0.784. The van der Waals surface area contributed by atoms with Crippen LogP contribution < -0.4 is 0 Å². The van der Waals surface area contributed by atoms with Crippen LogP contribution in [0.25, 0.3) is 0 Å². The molecule has 0 amide bonds. The largest absolute Gasteiger partial charge is 0.303 e. The van der Waals surface area contributed by atoms with Gasteiger partial charge in [0.15, 0.2) is 5.78 Å². The highest BCUT2D eigenvalue weighted by Gasteiger charge is 2.29. The first-order valence-electron chi connectivity index (χ1n) is 7.72. The molecule has 1 saturated heterocycles. The Hall–Kier alpha value is -1.22. The Balaban J connectivity index is 1.54. The Labute approximate surface area is 120 Å². The highest BCUT2D eigenvalue weighted by atomic mass is 19.1. The van der Waals surface area contributed by atoms with Crippen molar-refractivity contribution in [3.05, 3.63) is 35.6 Å². The predicted octanol–water partition coefficient (Wildman–Crippen LogP) is 3.52. The number of fused-ring (bicyclic) bond motifs is 2. The molecule has 1 aromatic carbocycles. The Morgan fingerprint density at radius 2 is 2.00 bits per heavy atom. The summed E-state index contributed by atoms with van der Waals surface area (Å²) in [4.78, 5) is 14.5. The second-order valence-electron chi connectivity index (χ2n) is 6.29. The number of ketones is 1. The van der Waals surface area contributed by atoms with Crippen LogP contribution in [0.15, 0.2) is 24.3 Å². The Morgan fingerprint density at radius 1 is 1.20 bits per heavy atom. The minimum absolute atomic E-state index is 0.0718. The average molecular weight is 275 g/mol. The zero-order valence-corrected chi connectivity index (χ0v) is 11.9. The van der Waals surface area contributed by atoms with Crippen molar-refractivity contribution in [3.8, 4) is 0 Å². The first kappa shape index (κ1) is 13.7. The molecule has 2 aliphatic rings. The minimum Gasteiger partial charge on any atom is -0.303 e. The lowest BCUT2D eigenvalue weighted by Gasteiger charge is -2.24. The molecule has 0 radical (unpaired) electrons. The van der Waals surface area contributed by atoms with Gasteiger partial charge in [-0.25, -0.2) is 4.39 Å². The Bertz CT molecular complexity index is 488. The van der Waals surface area contributed by atoms with Crippen molar-refractivity contribution in [2.24, 2.45) is 11.8 Å². The summed E-state index contributed by atoms with van der Waals surface area (Å²) in [5.74, 6) is 1.27. The summed E-state index contributed by atoms with van der Waals surface area (Å²) in [7, 11) is 0. The molecule has 1 aromatic rings. The van der Waals surface area contributed by atoms with Gasteiger partial charge in [0.2, 0.25) is 0 Å². The lowest BCUT2D eigenvalue weighted by atomic mass is 10.0. The van der Waals surface area contributed by atoms with Crippen molar-refractivity contribution in [1.82, 2.24) is 4.90 Å². The molecular formula is C17H22FNO. The molecule has 1 aliphatic carbocycles. The molecule has 0 spiro atoms. The molecule has 3 heteroatoms. The van der Waals surface area contributed by atoms with Crippen molar-refractivity contribution in [1.29, 1.82) is 0 Å². The number of benzene rings is 1. The molecule has 1 saturated carbocycles. The van der Waals surface area contributed by atoms with Crippen molar-refractivity contribution >= 4 is 5.78 Å². The fraction of sp³-hybridized carbons (Fsp3) is 0.588. The molecule has 1 aliphatic heterocycles. The smallest absolute Gasteiger partial charge is 0.167 e. The monoisotopic (exact) mass is 275 g/mol. The molecule has 2 bridgehead atoms. The number of Topliss-reactive ketones (excluding diaryl/α,β-unsaturated/α-hetero) is 1. The van der Waals surface area contributed by atoms with Crippen LogP contribution in [0, 0.1) is 17.7 Å². The zero-order valence-electron chi connectivity index (χ0n) is 11.9. The summed E-state index contributed by atoms with van der Waals surface area (Å²) >= 11 is 0. The van der Waals surface area contributed by atoms with Crippen LogP contribution in [0.3, 0.4) is 0 Å². The predicted molar refractivity (Wildman–Crippen MR) is 77.2 cm³/mol. The van der Waals surface area contributed by atoms with Crippen molar-refractivity contribution in [2.45, 2.75) is 32.1 Å². The second-order valence-corrected chi connectivity index (χ2v) is 6.29. The van der Waals surface area contributed by atoms with Gasteiger partial charge in [0, 0.05) is 19.5 Å². The number of hydrogen-bond donors (Lipinski definition) is 0. The van der Waals surface area contributed by atoms with Gasteiger partial charge >= 0.3 is 0 Å². The van der Waals surface area contributed by atoms with Crippen LogP contribution in [0.5, 0.6) is 0 Å². The van der Waals surface area contributed by atoms with Crippen LogP contribution in [0.4, 0.5) is 4.39 Å². The van der Waals surface area contributed by atoms with E-state index in [2.05, 4.69) is 4.90 Å². The van der Waals surface area contributed by atoms with Gasteiger partial charge in [-0.3, -0.25) is 4.79 Å². The van der Waals surface area contributed by atoms with E-state index in [4.69, 9.17) is 0 Å². The highest BCUT2D eigenvalue weighted by Crippen LogP contribution is 2.36. The number of carbonyl (C=O) groups is 1. The maximum Gasteiger partial charge on any atom is 0.167 e. The number of hydrogen-bond acceptors (Lipinski definition) is 2. The van der Waals surface area contributed by atoms with E-state index >= 15 is 0 Å². The van der Waals surface area contributed by atoms with E-state index in [0.717, 1.165) is 31.5 Å². The number of nitrogens with zero attached hydrogens (tertiary/aromatic N) is 1. The van der Waals surface area contributed by atoms with Crippen LogP contribution in [-0.2, 0) is 0 Å². The lowest BCUT2D eigenvalue weighted by molar-refractivity contribution is 0.0956. The van der Waals surface area contributed by atoms with Gasteiger partial charge < -0.3 is 4.90 Å². The molecule has 2 fully saturated rings. The van der Waals surface area contributed by atoms with Crippen LogP contribution in [-0.4, -0.2) is 30.3 Å². The molecule has 20 heavy (non-hydrogen) atoms. The molecule has 0 aromatic heterocycles. The number of carbonyl (C=O) groups excluding carboxylic acids is 1. The normalized spacial score (nSPS) is 26.4. The molecule has 108 valence electrons. The maximum absolute atomic E-state index is 13.6. The molecule has 2 unspecified atom stereocenters. The second kappa shape index (κ2) is 6.04. The molecule has 2 atom stereocenters. The van der Waals surface area contributed by atoms with Gasteiger partial charge in [-0.1, -0.05) is 18.6 Å². The van der Waals surface area contributed by atoms with E-state index in [9.17, 15) is 9.18 Å². The van der Waals surface area contributed by atoms with Gasteiger partial charge in [-0.15, -0.1) is 0 Å². The third kappa shape index (κ3) is 3.09. The molecule has 3 rings (SSSR count). The third-order valence-corrected chi connectivity index (χ3v) is 4.85. The number of rotatable bonds is 4. The molecule has 1 heterocycles. The number of likely N-dealkylation sites (tertiary alicyclic amines) is 1. The van der Waals surface area contributed by atoms with Gasteiger partial charge in [0.05, 0.1) is 5.56 Å². The summed E-state index contributed by atoms with van der Waals surface area (Å²) in [5.41, 5.74) is 0.240. The van der Waals surface area contributed by atoms with Crippen molar-refractivity contribution < 1.29 is 9.18 Å². The average Bonchev–Trinajstić information content (AvgIpc) is 2.78. The van der Waals surface area contributed by atoms with Crippen molar-refractivity contribution in [2.75, 3.05) is 19.6 Å². The summed E-state index contributed by atoms with van der Waals surface area (Å²) < 4.78 is 13.6. The standard InChI is InChI=1S/C17H22FNO/c18-16-4-2-1-3-15(16)17(20)8-10-19-9-7-13-5-6-14(11-13)12-19/h1-4,13-14H,5-12H2. The van der Waals surface area contributed by atoms with E-state index in [1.54, 1.807) is 18.2 Å². The third-order valence-electron chi connectivity index (χ3n) is 4.85. The van der Waals surface area contributed by atoms with E-state index in [1.807, 2.05) is 0 Å². The van der Waals surface area contributed by atoms with Gasteiger partial charge in [-0.2, -0.15) is 0 Å².